The second-order valence-corrected chi connectivity index (χ2v) is 9.35. The maximum atomic E-state index is 13.4. The minimum atomic E-state index is -0.366. The van der Waals surface area contributed by atoms with E-state index in [0.29, 0.717) is 29.4 Å². The maximum absolute atomic E-state index is 13.4. The second-order valence-electron chi connectivity index (χ2n) is 8.40. The SMILES string of the molecule is CCCOC(=O)c1ccc(CN2C(=O)C(c3cccs3)=C(N3CCC(C)CC3)C2=O)cc1. The van der Waals surface area contributed by atoms with E-state index in [1.54, 1.807) is 24.3 Å². The minimum Gasteiger partial charge on any atom is -0.462 e. The lowest BCUT2D eigenvalue weighted by Gasteiger charge is -2.32. The zero-order valence-electron chi connectivity index (χ0n) is 18.5. The molecule has 168 valence electrons. The summed E-state index contributed by atoms with van der Waals surface area (Å²) in [5, 5.41) is 1.93. The van der Waals surface area contributed by atoms with Crippen LogP contribution in [0.1, 0.15) is 53.9 Å². The van der Waals surface area contributed by atoms with Gasteiger partial charge in [-0.25, -0.2) is 4.79 Å². The number of likely N-dealkylation sites (tertiary alicyclic amines) is 1. The molecule has 32 heavy (non-hydrogen) atoms. The van der Waals surface area contributed by atoms with Gasteiger partial charge in [0.1, 0.15) is 5.70 Å². The van der Waals surface area contributed by atoms with Crippen LogP contribution in [0.2, 0.25) is 0 Å². The highest BCUT2D eigenvalue weighted by molar-refractivity contribution is 7.11. The Morgan fingerprint density at radius 3 is 2.44 bits per heavy atom. The number of ether oxygens (including phenoxy) is 1. The Bertz CT molecular complexity index is 1020. The van der Waals surface area contributed by atoms with E-state index < -0.39 is 0 Å². The quantitative estimate of drug-likeness (QED) is 0.462. The number of hydrogen-bond acceptors (Lipinski definition) is 6. The van der Waals surface area contributed by atoms with Crippen LogP contribution >= 0.6 is 11.3 Å². The van der Waals surface area contributed by atoms with Crippen molar-refractivity contribution in [2.24, 2.45) is 5.92 Å². The van der Waals surface area contributed by atoms with Crippen molar-refractivity contribution in [3.8, 4) is 0 Å². The molecule has 1 fully saturated rings. The van der Waals surface area contributed by atoms with E-state index in [1.165, 1.54) is 16.2 Å². The van der Waals surface area contributed by atoms with Crippen LogP contribution in [0.25, 0.3) is 5.57 Å². The molecular weight excluding hydrogens is 424 g/mol. The first-order valence-electron chi connectivity index (χ1n) is 11.1. The number of benzene rings is 1. The van der Waals surface area contributed by atoms with Crippen LogP contribution in [0.4, 0.5) is 0 Å². The number of nitrogens with zero attached hydrogens (tertiary/aromatic N) is 2. The monoisotopic (exact) mass is 452 g/mol. The van der Waals surface area contributed by atoms with Gasteiger partial charge in [0, 0.05) is 18.0 Å². The van der Waals surface area contributed by atoms with Crippen LogP contribution in [-0.2, 0) is 20.9 Å². The summed E-state index contributed by atoms with van der Waals surface area (Å²) in [5.74, 6) is -0.227. The Kier molecular flexibility index (Phi) is 6.74. The number of carbonyl (C=O) groups excluding carboxylic acids is 3. The summed E-state index contributed by atoms with van der Waals surface area (Å²) >= 11 is 1.48. The van der Waals surface area contributed by atoms with Crippen molar-refractivity contribution in [1.29, 1.82) is 0 Å². The topological polar surface area (TPSA) is 66.9 Å². The Labute approximate surface area is 192 Å². The van der Waals surface area contributed by atoms with Gasteiger partial charge in [-0.2, -0.15) is 0 Å². The molecule has 0 atom stereocenters. The zero-order valence-corrected chi connectivity index (χ0v) is 19.3. The molecule has 0 aliphatic carbocycles. The van der Waals surface area contributed by atoms with Gasteiger partial charge in [0.25, 0.3) is 11.8 Å². The summed E-state index contributed by atoms with van der Waals surface area (Å²) in [7, 11) is 0. The Balaban J connectivity index is 1.55. The van der Waals surface area contributed by atoms with Crippen molar-refractivity contribution in [1.82, 2.24) is 9.80 Å². The molecule has 6 nitrogen and oxygen atoms in total. The molecule has 0 radical (unpaired) electrons. The Hall–Kier alpha value is -2.93. The van der Waals surface area contributed by atoms with Gasteiger partial charge >= 0.3 is 5.97 Å². The first-order chi connectivity index (χ1) is 15.5. The molecule has 1 saturated heterocycles. The van der Waals surface area contributed by atoms with E-state index >= 15 is 0 Å². The van der Waals surface area contributed by atoms with Crippen LogP contribution in [-0.4, -0.2) is 47.3 Å². The van der Waals surface area contributed by atoms with E-state index in [-0.39, 0.29) is 24.3 Å². The highest BCUT2D eigenvalue weighted by atomic mass is 32.1. The summed E-state index contributed by atoms with van der Waals surface area (Å²) < 4.78 is 5.16. The molecule has 2 amide bonds. The van der Waals surface area contributed by atoms with Gasteiger partial charge in [0.2, 0.25) is 0 Å². The summed E-state index contributed by atoms with van der Waals surface area (Å²) in [6, 6.07) is 10.7. The number of piperidine rings is 1. The highest BCUT2D eigenvalue weighted by Crippen LogP contribution is 2.36. The maximum Gasteiger partial charge on any atom is 0.338 e. The molecule has 0 spiro atoms. The first-order valence-corrected chi connectivity index (χ1v) is 12.0. The van der Waals surface area contributed by atoms with Gasteiger partial charge in [-0.15, -0.1) is 11.3 Å². The average molecular weight is 453 g/mol. The Morgan fingerprint density at radius 2 is 1.81 bits per heavy atom. The standard InChI is InChI=1S/C25H28N2O4S/c1-3-14-31-25(30)19-8-6-18(7-9-19)16-27-23(28)21(20-5-4-15-32-20)22(24(27)29)26-12-10-17(2)11-13-26/h4-9,15,17H,3,10-14,16H2,1-2H3. The molecule has 2 aliphatic rings. The van der Waals surface area contributed by atoms with Crippen LogP contribution in [0, 0.1) is 5.92 Å². The highest BCUT2D eigenvalue weighted by Gasteiger charge is 2.42. The average Bonchev–Trinajstić information content (AvgIpc) is 3.41. The third-order valence-electron chi connectivity index (χ3n) is 5.98. The van der Waals surface area contributed by atoms with Gasteiger partial charge in [-0.05, 0) is 54.3 Å². The summed E-state index contributed by atoms with van der Waals surface area (Å²) in [6.07, 6.45) is 2.79. The molecule has 4 rings (SSSR count). The van der Waals surface area contributed by atoms with E-state index in [2.05, 4.69) is 11.8 Å². The number of rotatable bonds is 7. The molecular formula is C25H28N2O4S. The van der Waals surface area contributed by atoms with E-state index in [0.717, 1.165) is 42.8 Å². The zero-order chi connectivity index (χ0) is 22.7. The lowest BCUT2D eigenvalue weighted by molar-refractivity contribution is -0.138. The third-order valence-corrected chi connectivity index (χ3v) is 6.87. The second kappa shape index (κ2) is 9.69. The largest absolute Gasteiger partial charge is 0.462 e. The molecule has 0 saturated carbocycles. The normalized spacial score (nSPS) is 17.4. The van der Waals surface area contributed by atoms with E-state index in [4.69, 9.17) is 4.74 Å². The van der Waals surface area contributed by atoms with Gasteiger partial charge in [-0.1, -0.05) is 32.0 Å². The summed E-state index contributed by atoms with van der Waals surface area (Å²) in [5.41, 5.74) is 2.29. The number of carbonyl (C=O) groups is 3. The molecule has 2 aliphatic heterocycles. The molecule has 1 aromatic heterocycles. The smallest absolute Gasteiger partial charge is 0.338 e. The fraction of sp³-hybridized carbons (Fsp3) is 0.400. The number of amides is 2. The molecule has 7 heteroatoms. The van der Waals surface area contributed by atoms with Crippen LogP contribution in [0.5, 0.6) is 0 Å². The molecule has 0 unspecified atom stereocenters. The van der Waals surface area contributed by atoms with Crippen molar-refractivity contribution < 1.29 is 19.1 Å². The predicted molar refractivity (Wildman–Crippen MR) is 124 cm³/mol. The molecule has 0 bridgehead atoms. The van der Waals surface area contributed by atoms with E-state index in [9.17, 15) is 14.4 Å². The van der Waals surface area contributed by atoms with E-state index in [1.807, 2.05) is 24.4 Å². The molecule has 1 aromatic carbocycles. The van der Waals surface area contributed by atoms with Crippen molar-refractivity contribution >= 4 is 34.7 Å². The van der Waals surface area contributed by atoms with Crippen LogP contribution in [0.3, 0.4) is 0 Å². The van der Waals surface area contributed by atoms with Crippen molar-refractivity contribution in [2.45, 2.75) is 39.7 Å². The molecule has 0 N–H and O–H groups in total. The fourth-order valence-electron chi connectivity index (χ4n) is 4.08. The Morgan fingerprint density at radius 1 is 1.09 bits per heavy atom. The fourth-order valence-corrected chi connectivity index (χ4v) is 4.84. The van der Waals surface area contributed by atoms with Crippen molar-refractivity contribution in [3.05, 3.63) is 63.5 Å². The van der Waals surface area contributed by atoms with Crippen LogP contribution in [0.15, 0.2) is 47.5 Å². The number of thiophene rings is 1. The lowest BCUT2D eigenvalue weighted by atomic mass is 9.98. The van der Waals surface area contributed by atoms with Gasteiger partial charge in [-0.3, -0.25) is 14.5 Å². The summed E-state index contributed by atoms with van der Waals surface area (Å²) in [6.45, 7) is 6.29. The number of imide groups is 1. The molecule has 2 aromatic rings. The van der Waals surface area contributed by atoms with Crippen LogP contribution < -0.4 is 0 Å². The molecule has 3 heterocycles. The lowest BCUT2D eigenvalue weighted by Crippen LogP contribution is -2.38. The van der Waals surface area contributed by atoms with Crippen molar-refractivity contribution in [3.63, 3.8) is 0 Å². The minimum absolute atomic E-state index is 0.171. The van der Waals surface area contributed by atoms with Gasteiger partial charge in [0.15, 0.2) is 0 Å². The van der Waals surface area contributed by atoms with Gasteiger partial charge in [0.05, 0.1) is 24.3 Å². The number of esters is 1. The summed E-state index contributed by atoms with van der Waals surface area (Å²) in [4.78, 5) is 43.1. The van der Waals surface area contributed by atoms with Gasteiger partial charge < -0.3 is 9.64 Å². The number of hydrogen-bond donors (Lipinski definition) is 0. The van der Waals surface area contributed by atoms with Crippen molar-refractivity contribution in [2.75, 3.05) is 19.7 Å². The third kappa shape index (κ3) is 4.48. The first kappa shape index (κ1) is 22.3. The predicted octanol–water partition coefficient (Wildman–Crippen LogP) is 4.33.